The minimum absolute atomic E-state index is 0.0570. The molecule has 0 spiro atoms. The number of rotatable bonds is 4. The molecule has 0 radical (unpaired) electrons. The van der Waals surface area contributed by atoms with E-state index in [4.69, 9.17) is 5.11 Å². The van der Waals surface area contributed by atoms with E-state index in [-0.39, 0.29) is 11.9 Å². The second kappa shape index (κ2) is 4.18. The van der Waals surface area contributed by atoms with E-state index in [1.54, 1.807) is 25.8 Å². The van der Waals surface area contributed by atoms with Crippen molar-refractivity contribution in [2.45, 2.75) is 38.3 Å². The Morgan fingerprint density at radius 1 is 1.67 bits per heavy atom. The third-order valence-electron chi connectivity index (χ3n) is 3.06. The molecule has 1 rings (SSSR count). The van der Waals surface area contributed by atoms with Gasteiger partial charge in [-0.15, -0.1) is 0 Å². The SMILES string of the molecule is CN(CC1CCC(=O)N1)C(C)(C)C(=O)O. The minimum Gasteiger partial charge on any atom is -0.480 e. The maximum atomic E-state index is 11.0. The molecule has 0 aromatic rings. The Kier molecular flexibility index (Phi) is 3.34. The van der Waals surface area contributed by atoms with Gasteiger partial charge in [-0.1, -0.05) is 0 Å². The number of nitrogens with zero attached hydrogens (tertiary/aromatic N) is 1. The van der Waals surface area contributed by atoms with Crippen LogP contribution in [0.25, 0.3) is 0 Å². The number of carboxylic acid groups (broad SMARTS) is 1. The van der Waals surface area contributed by atoms with E-state index in [9.17, 15) is 9.59 Å². The van der Waals surface area contributed by atoms with Gasteiger partial charge in [-0.25, -0.2) is 0 Å². The molecule has 1 fully saturated rings. The van der Waals surface area contributed by atoms with Crippen LogP contribution in [0, 0.1) is 0 Å². The number of likely N-dealkylation sites (N-methyl/N-ethyl adjacent to an activating group) is 1. The average Bonchev–Trinajstić information content (AvgIpc) is 2.50. The van der Waals surface area contributed by atoms with Gasteiger partial charge in [0.25, 0.3) is 0 Å². The molecule has 1 saturated heterocycles. The maximum absolute atomic E-state index is 11.0. The van der Waals surface area contributed by atoms with Crippen molar-refractivity contribution in [3.8, 4) is 0 Å². The summed E-state index contributed by atoms with van der Waals surface area (Å²) in [6, 6.07) is 0.0844. The van der Waals surface area contributed by atoms with Gasteiger partial charge in [0.2, 0.25) is 5.91 Å². The predicted molar refractivity (Wildman–Crippen MR) is 55.5 cm³/mol. The predicted octanol–water partition coefficient (Wildman–Crippen LogP) is 0.0600. The molecule has 1 unspecified atom stereocenters. The Labute approximate surface area is 89.4 Å². The molecule has 5 heteroatoms. The first-order valence-electron chi connectivity index (χ1n) is 5.08. The van der Waals surface area contributed by atoms with Gasteiger partial charge in [0.1, 0.15) is 5.54 Å². The summed E-state index contributed by atoms with van der Waals surface area (Å²) in [5.41, 5.74) is -0.896. The number of hydrogen-bond acceptors (Lipinski definition) is 3. The summed E-state index contributed by atoms with van der Waals surface area (Å²) in [5, 5.41) is 11.8. The monoisotopic (exact) mass is 214 g/mol. The number of nitrogens with one attached hydrogen (secondary N) is 1. The molecular weight excluding hydrogens is 196 g/mol. The molecule has 2 N–H and O–H groups in total. The Hall–Kier alpha value is -1.10. The zero-order valence-electron chi connectivity index (χ0n) is 9.41. The van der Waals surface area contributed by atoms with Gasteiger partial charge in [-0.3, -0.25) is 14.5 Å². The number of aliphatic carboxylic acids is 1. The van der Waals surface area contributed by atoms with E-state index < -0.39 is 11.5 Å². The highest BCUT2D eigenvalue weighted by Crippen LogP contribution is 2.15. The standard InChI is InChI=1S/C10H18N2O3/c1-10(2,9(14)15)12(3)6-7-4-5-8(13)11-7/h7H,4-6H2,1-3H3,(H,11,13)(H,14,15). The number of carboxylic acids is 1. The molecule has 1 aliphatic rings. The summed E-state index contributed by atoms with van der Waals surface area (Å²) >= 11 is 0. The Morgan fingerprint density at radius 3 is 2.67 bits per heavy atom. The van der Waals surface area contributed by atoms with Crippen molar-refractivity contribution in [1.82, 2.24) is 10.2 Å². The molecule has 1 heterocycles. The van der Waals surface area contributed by atoms with Crippen molar-refractivity contribution in [1.29, 1.82) is 0 Å². The van der Waals surface area contributed by atoms with Crippen molar-refractivity contribution < 1.29 is 14.7 Å². The highest BCUT2D eigenvalue weighted by atomic mass is 16.4. The zero-order valence-corrected chi connectivity index (χ0v) is 9.41. The van der Waals surface area contributed by atoms with Crippen molar-refractivity contribution in [3.05, 3.63) is 0 Å². The number of carbonyl (C=O) groups is 2. The van der Waals surface area contributed by atoms with Crippen LogP contribution in [0.5, 0.6) is 0 Å². The summed E-state index contributed by atoms with van der Waals surface area (Å²) in [5.74, 6) is -0.796. The fourth-order valence-corrected chi connectivity index (χ4v) is 1.54. The zero-order chi connectivity index (χ0) is 11.6. The molecule has 1 aliphatic heterocycles. The molecule has 0 aromatic heterocycles. The first-order valence-corrected chi connectivity index (χ1v) is 5.08. The number of hydrogen-bond donors (Lipinski definition) is 2. The summed E-state index contributed by atoms with van der Waals surface area (Å²) in [4.78, 5) is 23.7. The second-order valence-corrected chi connectivity index (χ2v) is 4.55. The minimum atomic E-state index is -0.896. The molecule has 86 valence electrons. The molecule has 5 nitrogen and oxygen atoms in total. The summed E-state index contributed by atoms with van der Waals surface area (Å²) < 4.78 is 0. The molecule has 0 bridgehead atoms. The first kappa shape index (κ1) is 12.0. The highest BCUT2D eigenvalue weighted by molar-refractivity contribution is 5.79. The largest absolute Gasteiger partial charge is 0.480 e. The van der Waals surface area contributed by atoms with E-state index in [2.05, 4.69) is 5.32 Å². The Bertz CT molecular complexity index is 276. The lowest BCUT2D eigenvalue weighted by Crippen LogP contribution is -2.51. The van der Waals surface area contributed by atoms with Gasteiger partial charge in [-0.05, 0) is 27.3 Å². The van der Waals surface area contributed by atoms with Crippen LogP contribution in [0.15, 0.2) is 0 Å². The summed E-state index contributed by atoms with van der Waals surface area (Å²) in [6.45, 7) is 3.89. The summed E-state index contributed by atoms with van der Waals surface area (Å²) in [7, 11) is 1.76. The van der Waals surface area contributed by atoms with E-state index in [1.807, 2.05) is 0 Å². The number of amides is 1. The molecule has 0 aromatic carbocycles. The van der Waals surface area contributed by atoms with Gasteiger partial charge in [0.05, 0.1) is 0 Å². The highest BCUT2D eigenvalue weighted by Gasteiger charge is 2.34. The van der Waals surface area contributed by atoms with Crippen LogP contribution in [-0.2, 0) is 9.59 Å². The van der Waals surface area contributed by atoms with Crippen molar-refractivity contribution in [2.24, 2.45) is 0 Å². The van der Waals surface area contributed by atoms with Crippen molar-refractivity contribution in [2.75, 3.05) is 13.6 Å². The van der Waals surface area contributed by atoms with Crippen LogP contribution in [0.3, 0.4) is 0 Å². The number of carbonyl (C=O) groups excluding carboxylic acids is 1. The molecule has 0 saturated carbocycles. The molecule has 15 heavy (non-hydrogen) atoms. The van der Waals surface area contributed by atoms with E-state index >= 15 is 0 Å². The average molecular weight is 214 g/mol. The van der Waals surface area contributed by atoms with Gasteiger partial charge in [0.15, 0.2) is 0 Å². The van der Waals surface area contributed by atoms with E-state index in [0.29, 0.717) is 13.0 Å². The van der Waals surface area contributed by atoms with Gasteiger partial charge in [0, 0.05) is 19.0 Å². The molecule has 0 aliphatic carbocycles. The van der Waals surface area contributed by atoms with Gasteiger partial charge in [-0.2, -0.15) is 0 Å². The maximum Gasteiger partial charge on any atom is 0.323 e. The van der Waals surface area contributed by atoms with Crippen LogP contribution in [0.1, 0.15) is 26.7 Å². The van der Waals surface area contributed by atoms with Crippen LogP contribution in [-0.4, -0.2) is 47.1 Å². The van der Waals surface area contributed by atoms with Crippen LogP contribution < -0.4 is 5.32 Å². The Balaban J connectivity index is 2.51. The second-order valence-electron chi connectivity index (χ2n) is 4.55. The topological polar surface area (TPSA) is 69.6 Å². The first-order chi connectivity index (χ1) is 6.84. The van der Waals surface area contributed by atoms with Gasteiger partial charge >= 0.3 is 5.97 Å². The van der Waals surface area contributed by atoms with Crippen molar-refractivity contribution in [3.63, 3.8) is 0 Å². The summed E-state index contributed by atoms with van der Waals surface area (Å²) in [6.07, 6.45) is 1.34. The quantitative estimate of drug-likeness (QED) is 0.694. The molecular formula is C10H18N2O3. The van der Waals surface area contributed by atoms with E-state index in [0.717, 1.165) is 6.42 Å². The lowest BCUT2D eigenvalue weighted by Gasteiger charge is -2.33. The van der Waals surface area contributed by atoms with Crippen LogP contribution in [0.2, 0.25) is 0 Å². The Morgan fingerprint density at radius 2 is 2.27 bits per heavy atom. The normalized spacial score (nSPS) is 21.9. The lowest BCUT2D eigenvalue weighted by molar-refractivity contribution is -0.148. The fraction of sp³-hybridized carbons (Fsp3) is 0.800. The molecule has 1 amide bonds. The van der Waals surface area contributed by atoms with Crippen LogP contribution in [0.4, 0.5) is 0 Å². The fourth-order valence-electron chi connectivity index (χ4n) is 1.54. The lowest BCUT2D eigenvalue weighted by atomic mass is 10.0. The van der Waals surface area contributed by atoms with Gasteiger partial charge < -0.3 is 10.4 Å². The third-order valence-corrected chi connectivity index (χ3v) is 3.06. The van der Waals surface area contributed by atoms with Crippen molar-refractivity contribution >= 4 is 11.9 Å². The third kappa shape index (κ3) is 2.68. The van der Waals surface area contributed by atoms with E-state index in [1.165, 1.54) is 0 Å². The smallest absolute Gasteiger partial charge is 0.323 e. The van der Waals surface area contributed by atoms with Crippen LogP contribution >= 0.6 is 0 Å². The molecule has 1 atom stereocenters.